The number of nitrogens with zero attached hydrogens (tertiary/aromatic N) is 2. The first kappa shape index (κ1) is 17.6. The standard InChI is InChI=1S/C19H26N4O2/c1-12-6-5-9-20-15(12)10-13(2)23(4)19(24)17-11-16(21-22-17)18-8-7-14(3)25-18/h5-9,13,16-17,21-22H,10-11H2,1-4H3. The lowest BCUT2D eigenvalue weighted by atomic mass is 10.0. The van der Waals surface area contributed by atoms with Gasteiger partial charge in [0, 0.05) is 31.4 Å². The fraction of sp³-hybridized carbons (Fsp3) is 0.474. The van der Waals surface area contributed by atoms with Gasteiger partial charge in [0.2, 0.25) is 5.91 Å². The summed E-state index contributed by atoms with van der Waals surface area (Å²) in [6.07, 6.45) is 3.22. The van der Waals surface area contributed by atoms with Crippen LogP contribution >= 0.6 is 0 Å². The summed E-state index contributed by atoms with van der Waals surface area (Å²) in [4.78, 5) is 19.1. The van der Waals surface area contributed by atoms with Gasteiger partial charge in [-0.3, -0.25) is 9.78 Å². The Morgan fingerprint density at radius 1 is 1.36 bits per heavy atom. The molecule has 2 aromatic heterocycles. The van der Waals surface area contributed by atoms with E-state index in [0.29, 0.717) is 6.42 Å². The number of aromatic nitrogens is 1. The number of furan rings is 1. The molecule has 0 radical (unpaired) electrons. The highest BCUT2D eigenvalue weighted by atomic mass is 16.3. The fourth-order valence-corrected chi connectivity index (χ4v) is 3.16. The topological polar surface area (TPSA) is 70.4 Å². The summed E-state index contributed by atoms with van der Waals surface area (Å²) in [5, 5.41) is 0. The van der Waals surface area contributed by atoms with Crippen molar-refractivity contribution in [3.8, 4) is 0 Å². The minimum atomic E-state index is -0.257. The lowest BCUT2D eigenvalue weighted by Crippen LogP contribution is -2.47. The van der Waals surface area contributed by atoms with Crippen LogP contribution < -0.4 is 10.9 Å². The first-order chi connectivity index (χ1) is 12.0. The molecule has 3 rings (SSSR count). The van der Waals surface area contributed by atoms with Crippen LogP contribution in [0.2, 0.25) is 0 Å². The first-order valence-corrected chi connectivity index (χ1v) is 8.70. The molecule has 1 fully saturated rings. The second kappa shape index (κ2) is 7.37. The average Bonchev–Trinajstić information content (AvgIpc) is 3.24. The van der Waals surface area contributed by atoms with E-state index >= 15 is 0 Å². The van der Waals surface area contributed by atoms with Crippen LogP contribution in [0.1, 0.15) is 42.2 Å². The molecule has 1 amide bonds. The fourth-order valence-electron chi connectivity index (χ4n) is 3.16. The number of carbonyl (C=O) groups is 1. The van der Waals surface area contributed by atoms with Crippen LogP contribution in [0.4, 0.5) is 0 Å². The lowest BCUT2D eigenvalue weighted by molar-refractivity contribution is -0.133. The number of aryl methyl sites for hydroxylation is 2. The number of pyridine rings is 1. The van der Waals surface area contributed by atoms with Gasteiger partial charge in [-0.1, -0.05) is 6.07 Å². The molecular weight excluding hydrogens is 316 g/mol. The normalized spacial score (nSPS) is 21.3. The molecule has 1 aliphatic rings. The Labute approximate surface area is 148 Å². The van der Waals surface area contributed by atoms with Crippen LogP contribution in [-0.4, -0.2) is 34.9 Å². The van der Waals surface area contributed by atoms with E-state index in [2.05, 4.69) is 35.7 Å². The number of hydrogen-bond acceptors (Lipinski definition) is 5. The number of hydrogen-bond donors (Lipinski definition) is 2. The van der Waals surface area contributed by atoms with Gasteiger partial charge in [-0.15, -0.1) is 0 Å². The van der Waals surface area contributed by atoms with E-state index in [1.165, 1.54) is 0 Å². The number of nitrogens with one attached hydrogen (secondary N) is 2. The second-order valence-corrected chi connectivity index (χ2v) is 6.85. The summed E-state index contributed by atoms with van der Waals surface area (Å²) in [6.45, 7) is 6.03. The average molecular weight is 342 g/mol. The number of likely N-dealkylation sites (N-methyl/N-ethyl adjacent to an activating group) is 1. The number of rotatable bonds is 5. The molecule has 0 spiro atoms. The van der Waals surface area contributed by atoms with E-state index in [1.54, 1.807) is 6.20 Å². The smallest absolute Gasteiger partial charge is 0.241 e. The monoisotopic (exact) mass is 342 g/mol. The predicted molar refractivity (Wildman–Crippen MR) is 95.8 cm³/mol. The summed E-state index contributed by atoms with van der Waals surface area (Å²) in [5.41, 5.74) is 8.47. The van der Waals surface area contributed by atoms with Crippen molar-refractivity contribution in [1.82, 2.24) is 20.7 Å². The molecule has 3 atom stereocenters. The highest BCUT2D eigenvalue weighted by molar-refractivity contribution is 5.82. The predicted octanol–water partition coefficient (Wildman–Crippen LogP) is 2.29. The molecule has 1 saturated heterocycles. The zero-order chi connectivity index (χ0) is 18.0. The van der Waals surface area contributed by atoms with Crippen molar-refractivity contribution in [2.75, 3.05) is 7.05 Å². The quantitative estimate of drug-likeness (QED) is 0.872. The third-order valence-corrected chi connectivity index (χ3v) is 4.92. The van der Waals surface area contributed by atoms with E-state index in [0.717, 1.165) is 29.2 Å². The van der Waals surface area contributed by atoms with Crippen molar-refractivity contribution in [2.24, 2.45) is 0 Å². The third-order valence-electron chi connectivity index (χ3n) is 4.92. The highest BCUT2D eigenvalue weighted by Gasteiger charge is 2.34. The summed E-state index contributed by atoms with van der Waals surface area (Å²) in [7, 11) is 1.86. The maximum Gasteiger partial charge on any atom is 0.241 e. The Kier molecular flexibility index (Phi) is 5.20. The maximum atomic E-state index is 12.8. The Morgan fingerprint density at radius 3 is 2.84 bits per heavy atom. The molecular formula is C19H26N4O2. The third kappa shape index (κ3) is 3.91. The van der Waals surface area contributed by atoms with Crippen LogP contribution in [0.25, 0.3) is 0 Å². The minimum Gasteiger partial charge on any atom is -0.465 e. The van der Waals surface area contributed by atoms with E-state index in [-0.39, 0.29) is 24.0 Å². The summed E-state index contributed by atoms with van der Waals surface area (Å²) in [6, 6.07) is 7.72. The van der Waals surface area contributed by atoms with Gasteiger partial charge in [0.15, 0.2) is 0 Å². The van der Waals surface area contributed by atoms with Gasteiger partial charge in [0.05, 0.1) is 6.04 Å². The summed E-state index contributed by atoms with van der Waals surface area (Å²) >= 11 is 0. The Hall–Kier alpha value is -2.18. The summed E-state index contributed by atoms with van der Waals surface area (Å²) < 4.78 is 5.66. The maximum absolute atomic E-state index is 12.8. The molecule has 6 heteroatoms. The van der Waals surface area contributed by atoms with Gasteiger partial charge in [0.25, 0.3) is 0 Å². The largest absolute Gasteiger partial charge is 0.465 e. The molecule has 3 heterocycles. The SMILES string of the molecule is Cc1ccc(C2CC(C(=O)N(C)C(C)Cc3ncccc3C)NN2)o1. The Morgan fingerprint density at radius 2 is 2.16 bits per heavy atom. The van der Waals surface area contributed by atoms with Crippen LogP contribution in [0, 0.1) is 13.8 Å². The van der Waals surface area contributed by atoms with Crippen LogP contribution in [0.15, 0.2) is 34.9 Å². The van der Waals surface area contributed by atoms with Gasteiger partial charge < -0.3 is 9.32 Å². The van der Waals surface area contributed by atoms with E-state index in [4.69, 9.17) is 4.42 Å². The van der Waals surface area contributed by atoms with Crippen molar-refractivity contribution >= 4 is 5.91 Å². The molecule has 6 nitrogen and oxygen atoms in total. The molecule has 2 N–H and O–H groups in total. The van der Waals surface area contributed by atoms with Gasteiger partial charge in [-0.05, 0) is 51.0 Å². The number of hydrazine groups is 1. The molecule has 1 aliphatic heterocycles. The van der Waals surface area contributed by atoms with Gasteiger partial charge in [-0.2, -0.15) is 0 Å². The zero-order valence-electron chi connectivity index (χ0n) is 15.2. The van der Waals surface area contributed by atoms with Crippen LogP contribution in [0.5, 0.6) is 0 Å². The molecule has 2 aromatic rings. The number of amides is 1. The van der Waals surface area contributed by atoms with E-state index < -0.39 is 0 Å². The zero-order valence-corrected chi connectivity index (χ0v) is 15.2. The van der Waals surface area contributed by atoms with Gasteiger partial charge in [0.1, 0.15) is 17.6 Å². The first-order valence-electron chi connectivity index (χ1n) is 8.70. The Balaban J connectivity index is 1.59. The van der Waals surface area contributed by atoms with Crippen molar-refractivity contribution < 1.29 is 9.21 Å². The Bertz CT molecular complexity index is 743. The molecule has 0 saturated carbocycles. The number of carbonyl (C=O) groups excluding carboxylic acids is 1. The van der Waals surface area contributed by atoms with Crippen molar-refractivity contribution in [3.63, 3.8) is 0 Å². The van der Waals surface area contributed by atoms with Crippen molar-refractivity contribution in [1.29, 1.82) is 0 Å². The highest BCUT2D eigenvalue weighted by Crippen LogP contribution is 2.25. The van der Waals surface area contributed by atoms with Crippen LogP contribution in [0.3, 0.4) is 0 Å². The van der Waals surface area contributed by atoms with E-state index in [9.17, 15) is 4.79 Å². The molecule has 0 bridgehead atoms. The molecule has 0 aliphatic carbocycles. The van der Waals surface area contributed by atoms with E-state index in [1.807, 2.05) is 37.1 Å². The van der Waals surface area contributed by atoms with Crippen LogP contribution in [-0.2, 0) is 11.2 Å². The van der Waals surface area contributed by atoms with Crippen molar-refractivity contribution in [2.45, 2.75) is 51.7 Å². The van der Waals surface area contributed by atoms with Gasteiger partial charge in [-0.25, -0.2) is 10.9 Å². The molecule has 25 heavy (non-hydrogen) atoms. The molecule has 134 valence electrons. The van der Waals surface area contributed by atoms with Gasteiger partial charge >= 0.3 is 0 Å². The minimum absolute atomic E-state index is 0.0180. The lowest BCUT2D eigenvalue weighted by Gasteiger charge is -2.27. The molecule has 0 aromatic carbocycles. The second-order valence-electron chi connectivity index (χ2n) is 6.85. The molecule has 3 unspecified atom stereocenters. The summed E-state index contributed by atoms with van der Waals surface area (Å²) in [5.74, 6) is 1.82. The van der Waals surface area contributed by atoms with Crippen molar-refractivity contribution in [3.05, 3.63) is 53.2 Å².